The van der Waals surface area contributed by atoms with Crippen molar-refractivity contribution in [3.05, 3.63) is 95.6 Å². The van der Waals surface area contributed by atoms with Gasteiger partial charge in [-0.25, -0.2) is 0 Å². The molecule has 0 aliphatic rings. The summed E-state index contributed by atoms with van der Waals surface area (Å²) in [5, 5.41) is 14.8. The molecule has 31 heavy (non-hydrogen) atoms. The number of hydrogen-bond acceptors (Lipinski definition) is 4. The van der Waals surface area contributed by atoms with E-state index < -0.39 is 5.91 Å². The highest BCUT2D eigenvalue weighted by molar-refractivity contribution is 6.09. The first kappa shape index (κ1) is 21.3. The lowest BCUT2D eigenvalue weighted by molar-refractivity contribution is -0.118. The molecule has 0 unspecified atom stereocenters. The Hall–Kier alpha value is -4.37. The van der Waals surface area contributed by atoms with Gasteiger partial charge >= 0.3 is 0 Å². The molecular formula is C25H21N3O3. The third-order valence-corrected chi connectivity index (χ3v) is 4.26. The smallest absolute Gasteiger partial charge is 0.266 e. The number of ether oxygens (including phenoxy) is 1. The van der Waals surface area contributed by atoms with E-state index in [0.717, 1.165) is 5.56 Å². The van der Waals surface area contributed by atoms with Crippen molar-refractivity contribution < 1.29 is 14.3 Å². The summed E-state index contributed by atoms with van der Waals surface area (Å²) in [5.74, 6) is -0.246. The minimum Gasteiger partial charge on any atom is -0.484 e. The zero-order chi connectivity index (χ0) is 22.1. The van der Waals surface area contributed by atoms with Crippen molar-refractivity contribution in [3.8, 4) is 11.8 Å². The van der Waals surface area contributed by atoms with E-state index in [9.17, 15) is 14.9 Å². The van der Waals surface area contributed by atoms with Gasteiger partial charge in [-0.2, -0.15) is 5.26 Å². The lowest BCUT2D eigenvalue weighted by atomic mass is 10.1. The molecule has 2 amide bonds. The fourth-order valence-electron chi connectivity index (χ4n) is 2.76. The second-order valence-electron chi connectivity index (χ2n) is 6.77. The summed E-state index contributed by atoms with van der Waals surface area (Å²) in [5.41, 5.74) is 3.02. The van der Waals surface area contributed by atoms with Gasteiger partial charge in [-0.1, -0.05) is 42.5 Å². The lowest BCUT2D eigenvalue weighted by Crippen LogP contribution is -2.20. The van der Waals surface area contributed by atoms with Crippen molar-refractivity contribution >= 4 is 29.3 Å². The molecular weight excluding hydrogens is 390 g/mol. The average molecular weight is 411 g/mol. The van der Waals surface area contributed by atoms with E-state index in [4.69, 9.17) is 4.74 Å². The van der Waals surface area contributed by atoms with Crippen LogP contribution >= 0.6 is 0 Å². The van der Waals surface area contributed by atoms with Crippen LogP contribution in [0.15, 0.2) is 84.4 Å². The molecule has 0 atom stereocenters. The van der Waals surface area contributed by atoms with Crippen molar-refractivity contribution in [2.24, 2.45) is 0 Å². The average Bonchev–Trinajstić information content (AvgIpc) is 2.77. The number of aryl methyl sites for hydroxylation is 1. The Kier molecular flexibility index (Phi) is 7.17. The lowest BCUT2D eigenvalue weighted by Gasteiger charge is -2.08. The molecule has 6 nitrogen and oxygen atoms in total. The molecule has 0 heterocycles. The fourth-order valence-corrected chi connectivity index (χ4v) is 2.76. The second kappa shape index (κ2) is 10.4. The van der Waals surface area contributed by atoms with Gasteiger partial charge < -0.3 is 15.4 Å². The summed E-state index contributed by atoms with van der Waals surface area (Å²) in [6.45, 7) is 1.82. The number of rotatable bonds is 7. The number of benzene rings is 3. The number of amides is 2. The molecule has 0 bridgehead atoms. The highest BCUT2D eigenvalue weighted by atomic mass is 16.5. The zero-order valence-electron chi connectivity index (χ0n) is 17.0. The van der Waals surface area contributed by atoms with Crippen LogP contribution in [0.5, 0.6) is 5.75 Å². The largest absolute Gasteiger partial charge is 0.484 e. The Labute approximate surface area is 180 Å². The van der Waals surface area contributed by atoms with Gasteiger partial charge in [0.05, 0.1) is 0 Å². The predicted molar refractivity (Wildman–Crippen MR) is 120 cm³/mol. The second-order valence-corrected chi connectivity index (χ2v) is 6.77. The summed E-state index contributed by atoms with van der Waals surface area (Å²) in [7, 11) is 0. The predicted octanol–water partition coefficient (Wildman–Crippen LogP) is 4.56. The highest BCUT2D eigenvalue weighted by Crippen LogP contribution is 2.16. The third-order valence-electron chi connectivity index (χ3n) is 4.26. The molecule has 3 aromatic rings. The number of anilines is 2. The number of nitrogens with one attached hydrogen (secondary N) is 2. The molecule has 0 fully saturated rings. The number of carbonyl (C=O) groups is 2. The summed E-state index contributed by atoms with van der Waals surface area (Å²) < 4.78 is 5.51. The van der Waals surface area contributed by atoms with Crippen LogP contribution in [0, 0.1) is 18.3 Å². The Morgan fingerprint density at radius 3 is 2.32 bits per heavy atom. The summed E-state index contributed by atoms with van der Waals surface area (Å²) in [6.07, 6.45) is 1.49. The highest BCUT2D eigenvalue weighted by Gasteiger charge is 2.09. The van der Waals surface area contributed by atoms with Gasteiger partial charge in [0.25, 0.3) is 11.8 Å². The van der Waals surface area contributed by atoms with Gasteiger partial charge in [-0.15, -0.1) is 0 Å². The Morgan fingerprint density at radius 1 is 0.935 bits per heavy atom. The first-order valence-corrected chi connectivity index (χ1v) is 9.61. The van der Waals surface area contributed by atoms with Crippen LogP contribution in [0.25, 0.3) is 6.08 Å². The molecule has 0 saturated carbocycles. The molecule has 0 saturated heterocycles. The summed E-state index contributed by atoms with van der Waals surface area (Å²) in [6, 6.07) is 25.1. The van der Waals surface area contributed by atoms with E-state index in [0.29, 0.717) is 22.7 Å². The summed E-state index contributed by atoms with van der Waals surface area (Å²) in [4.78, 5) is 24.3. The minimum atomic E-state index is -0.484. The Bertz CT molecular complexity index is 1130. The van der Waals surface area contributed by atoms with Crippen LogP contribution in [-0.4, -0.2) is 18.4 Å². The van der Waals surface area contributed by atoms with Crippen molar-refractivity contribution in [2.45, 2.75) is 6.92 Å². The zero-order valence-corrected chi connectivity index (χ0v) is 17.0. The maximum atomic E-state index is 12.3. The molecule has 6 heteroatoms. The van der Waals surface area contributed by atoms with E-state index in [1.807, 2.05) is 43.3 Å². The fraction of sp³-hybridized carbons (Fsp3) is 0.0800. The maximum absolute atomic E-state index is 12.3. The van der Waals surface area contributed by atoms with E-state index in [1.54, 1.807) is 48.5 Å². The van der Waals surface area contributed by atoms with Crippen molar-refractivity contribution in [2.75, 3.05) is 17.2 Å². The topological polar surface area (TPSA) is 91.2 Å². The molecule has 154 valence electrons. The van der Waals surface area contributed by atoms with Crippen molar-refractivity contribution in [1.82, 2.24) is 0 Å². The van der Waals surface area contributed by atoms with E-state index in [1.165, 1.54) is 6.08 Å². The Morgan fingerprint density at radius 2 is 1.65 bits per heavy atom. The molecule has 0 spiro atoms. The van der Waals surface area contributed by atoms with Gasteiger partial charge in [0.2, 0.25) is 0 Å². The number of hydrogen-bond donors (Lipinski definition) is 2. The normalized spacial score (nSPS) is 10.6. The third kappa shape index (κ3) is 6.58. The molecule has 0 aromatic heterocycles. The standard InChI is InChI=1S/C25H21N3O3/c1-18-6-5-9-22(14-18)27-24(29)17-31-23-12-10-19(11-13-23)15-20(16-26)25(30)28-21-7-3-2-4-8-21/h2-15H,17H2,1H3,(H,27,29)(H,28,30)/b20-15+. The number of para-hydroxylation sites is 1. The molecule has 0 aliphatic heterocycles. The Balaban J connectivity index is 1.56. The number of nitriles is 1. The van der Waals surface area contributed by atoms with Gasteiger partial charge in [0.1, 0.15) is 17.4 Å². The minimum absolute atomic E-state index is 0.0185. The van der Waals surface area contributed by atoms with Gasteiger partial charge in [0, 0.05) is 11.4 Å². The maximum Gasteiger partial charge on any atom is 0.266 e. The van der Waals surface area contributed by atoms with Gasteiger partial charge in [-0.05, 0) is 60.5 Å². The van der Waals surface area contributed by atoms with E-state index >= 15 is 0 Å². The summed E-state index contributed by atoms with van der Waals surface area (Å²) >= 11 is 0. The first-order chi connectivity index (χ1) is 15.0. The molecule has 3 aromatic carbocycles. The molecule has 3 rings (SSSR count). The molecule has 0 radical (unpaired) electrons. The van der Waals surface area contributed by atoms with Crippen LogP contribution in [-0.2, 0) is 9.59 Å². The van der Waals surface area contributed by atoms with E-state index in [-0.39, 0.29) is 18.1 Å². The van der Waals surface area contributed by atoms with Crippen LogP contribution in [0.2, 0.25) is 0 Å². The van der Waals surface area contributed by atoms with Crippen LogP contribution in [0.3, 0.4) is 0 Å². The van der Waals surface area contributed by atoms with Crippen molar-refractivity contribution in [1.29, 1.82) is 5.26 Å². The quantitative estimate of drug-likeness (QED) is 0.440. The van der Waals surface area contributed by atoms with Gasteiger partial charge in [-0.3, -0.25) is 9.59 Å². The number of carbonyl (C=O) groups excluding carboxylic acids is 2. The SMILES string of the molecule is Cc1cccc(NC(=O)COc2ccc(/C=C(\C#N)C(=O)Nc3ccccc3)cc2)c1. The van der Waals surface area contributed by atoms with E-state index in [2.05, 4.69) is 10.6 Å². The molecule has 0 aliphatic carbocycles. The molecule has 2 N–H and O–H groups in total. The number of nitrogens with zero attached hydrogens (tertiary/aromatic N) is 1. The van der Waals surface area contributed by atoms with Gasteiger partial charge in [0.15, 0.2) is 6.61 Å². The monoisotopic (exact) mass is 411 g/mol. The first-order valence-electron chi connectivity index (χ1n) is 9.61. The van der Waals surface area contributed by atoms with Crippen LogP contribution < -0.4 is 15.4 Å². The van der Waals surface area contributed by atoms with Crippen molar-refractivity contribution in [3.63, 3.8) is 0 Å². The van der Waals surface area contributed by atoms with Crippen LogP contribution in [0.1, 0.15) is 11.1 Å². The van der Waals surface area contributed by atoms with Crippen LogP contribution in [0.4, 0.5) is 11.4 Å².